The van der Waals surface area contributed by atoms with Crippen LogP contribution in [0.25, 0.3) is 0 Å². The minimum Gasteiger partial charge on any atom is -0.482 e. The van der Waals surface area contributed by atoms with Gasteiger partial charge in [-0.1, -0.05) is 25.4 Å². The lowest BCUT2D eigenvalue weighted by molar-refractivity contribution is -0.123. The minimum atomic E-state index is -0.193. The molecular weight excluding hydrogens is 264 g/mol. The summed E-state index contributed by atoms with van der Waals surface area (Å²) in [5.74, 6) is 0.567. The van der Waals surface area contributed by atoms with E-state index in [0.717, 1.165) is 0 Å². The fourth-order valence-corrected chi connectivity index (χ4v) is 1.53. The van der Waals surface area contributed by atoms with Gasteiger partial charge in [-0.2, -0.15) is 5.26 Å². The number of amides is 1. The van der Waals surface area contributed by atoms with E-state index in [0.29, 0.717) is 22.3 Å². The second kappa shape index (κ2) is 7.01. The van der Waals surface area contributed by atoms with Crippen molar-refractivity contribution in [1.29, 1.82) is 5.26 Å². The van der Waals surface area contributed by atoms with E-state index < -0.39 is 0 Å². The Morgan fingerprint density at radius 1 is 1.47 bits per heavy atom. The Morgan fingerprint density at radius 2 is 2.16 bits per heavy atom. The lowest BCUT2D eigenvalue weighted by Gasteiger charge is -2.17. The standard InChI is InChI=1S/C14H17ClN2O2/c1-9(2)10(3)17-14(18)8-19-13-5-4-11(7-16)6-12(13)15/h4-6,9-10H,8H2,1-3H3,(H,17,18)/t10-/m1/s1. The van der Waals surface area contributed by atoms with Crippen molar-refractivity contribution >= 4 is 17.5 Å². The second-order valence-corrected chi connectivity index (χ2v) is 5.05. The summed E-state index contributed by atoms with van der Waals surface area (Å²) in [6, 6.07) is 6.75. The average molecular weight is 281 g/mol. The zero-order valence-corrected chi connectivity index (χ0v) is 12.0. The molecule has 0 unspecified atom stereocenters. The van der Waals surface area contributed by atoms with Crippen molar-refractivity contribution in [1.82, 2.24) is 5.32 Å². The Morgan fingerprint density at radius 3 is 2.68 bits per heavy atom. The van der Waals surface area contributed by atoms with Gasteiger partial charge in [0.1, 0.15) is 5.75 Å². The van der Waals surface area contributed by atoms with Gasteiger partial charge in [0, 0.05) is 6.04 Å². The number of nitrogens with zero attached hydrogens (tertiary/aromatic N) is 1. The summed E-state index contributed by atoms with van der Waals surface area (Å²) in [5.41, 5.74) is 0.454. The summed E-state index contributed by atoms with van der Waals surface area (Å²) < 4.78 is 5.33. The summed E-state index contributed by atoms with van der Waals surface area (Å²) in [7, 11) is 0. The van der Waals surface area contributed by atoms with Gasteiger partial charge >= 0.3 is 0 Å². The molecule has 19 heavy (non-hydrogen) atoms. The van der Waals surface area contributed by atoms with E-state index >= 15 is 0 Å². The van der Waals surface area contributed by atoms with Crippen LogP contribution < -0.4 is 10.1 Å². The van der Waals surface area contributed by atoms with E-state index in [-0.39, 0.29) is 18.6 Å². The molecule has 0 bridgehead atoms. The van der Waals surface area contributed by atoms with Gasteiger partial charge in [0.2, 0.25) is 0 Å². The fraction of sp³-hybridized carbons (Fsp3) is 0.429. The van der Waals surface area contributed by atoms with Crippen LogP contribution in [0.3, 0.4) is 0 Å². The van der Waals surface area contributed by atoms with E-state index in [9.17, 15) is 4.79 Å². The minimum absolute atomic E-state index is 0.0903. The van der Waals surface area contributed by atoms with Crippen LogP contribution in [0.15, 0.2) is 18.2 Å². The first kappa shape index (κ1) is 15.3. The summed E-state index contributed by atoms with van der Waals surface area (Å²) in [6.07, 6.45) is 0. The average Bonchev–Trinajstić information content (AvgIpc) is 2.36. The third kappa shape index (κ3) is 4.80. The van der Waals surface area contributed by atoms with Gasteiger partial charge in [-0.05, 0) is 31.0 Å². The maximum atomic E-state index is 11.6. The lowest BCUT2D eigenvalue weighted by Crippen LogP contribution is -2.38. The Hall–Kier alpha value is -1.73. The highest BCUT2D eigenvalue weighted by atomic mass is 35.5. The molecule has 0 spiro atoms. The van der Waals surface area contributed by atoms with Crippen LogP contribution in [-0.4, -0.2) is 18.6 Å². The zero-order chi connectivity index (χ0) is 14.4. The molecule has 0 heterocycles. The van der Waals surface area contributed by atoms with Crippen LogP contribution in [-0.2, 0) is 4.79 Å². The molecule has 0 aliphatic carbocycles. The lowest BCUT2D eigenvalue weighted by atomic mass is 10.1. The molecule has 1 rings (SSSR count). The summed E-state index contributed by atoms with van der Waals surface area (Å²) >= 11 is 5.94. The Bertz CT molecular complexity index is 495. The van der Waals surface area contributed by atoms with Gasteiger partial charge in [0.05, 0.1) is 16.7 Å². The molecule has 5 heteroatoms. The van der Waals surface area contributed by atoms with Crippen molar-refractivity contribution in [3.63, 3.8) is 0 Å². The van der Waals surface area contributed by atoms with Crippen LogP contribution in [0.2, 0.25) is 5.02 Å². The highest BCUT2D eigenvalue weighted by Gasteiger charge is 2.12. The fourth-order valence-electron chi connectivity index (χ4n) is 1.29. The maximum Gasteiger partial charge on any atom is 0.258 e. The molecule has 4 nitrogen and oxygen atoms in total. The van der Waals surface area contributed by atoms with Gasteiger partial charge in [-0.25, -0.2) is 0 Å². The first-order valence-electron chi connectivity index (χ1n) is 6.06. The molecule has 1 aromatic rings. The van der Waals surface area contributed by atoms with E-state index in [1.807, 2.05) is 26.8 Å². The highest BCUT2D eigenvalue weighted by molar-refractivity contribution is 6.32. The van der Waals surface area contributed by atoms with Gasteiger partial charge < -0.3 is 10.1 Å². The maximum absolute atomic E-state index is 11.6. The highest BCUT2D eigenvalue weighted by Crippen LogP contribution is 2.25. The van der Waals surface area contributed by atoms with E-state index in [4.69, 9.17) is 21.6 Å². The van der Waals surface area contributed by atoms with Gasteiger partial charge in [-0.3, -0.25) is 4.79 Å². The number of benzene rings is 1. The Balaban J connectivity index is 2.53. The molecule has 0 aromatic heterocycles. The molecular formula is C14H17ClN2O2. The molecule has 102 valence electrons. The SMILES string of the molecule is CC(C)[C@@H](C)NC(=O)COc1ccc(C#N)cc1Cl. The zero-order valence-electron chi connectivity index (χ0n) is 11.2. The van der Waals surface area contributed by atoms with Gasteiger partial charge in [-0.15, -0.1) is 0 Å². The monoisotopic (exact) mass is 280 g/mol. The molecule has 1 N–H and O–H groups in total. The van der Waals surface area contributed by atoms with Gasteiger partial charge in [0.25, 0.3) is 5.91 Å². The van der Waals surface area contributed by atoms with Crippen molar-refractivity contribution in [2.24, 2.45) is 5.92 Å². The Labute approximate surface area is 118 Å². The normalized spacial score (nSPS) is 11.8. The third-order valence-electron chi connectivity index (χ3n) is 2.81. The number of ether oxygens (including phenoxy) is 1. The largest absolute Gasteiger partial charge is 0.482 e. The van der Waals surface area contributed by atoms with E-state index in [2.05, 4.69) is 5.32 Å². The number of nitriles is 1. The second-order valence-electron chi connectivity index (χ2n) is 4.65. The van der Waals surface area contributed by atoms with Crippen molar-refractivity contribution in [3.8, 4) is 11.8 Å². The van der Waals surface area contributed by atoms with Crippen LogP contribution >= 0.6 is 11.6 Å². The Kier molecular flexibility index (Phi) is 5.65. The van der Waals surface area contributed by atoms with Crippen molar-refractivity contribution in [2.75, 3.05) is 6.61 Å². The van der Waals surface area contributed by atoms with Crippen LogP contribution in [0.4, 0.5) is 0 Å². The number of hydrogen-bond donors (Lipinski definition) is 1. The molecule has 0 aliphatic rings. The predicted molar refractivity (Wildman–Crippen MR) is 74.1 cm³/mol. The molecule has 1 aromatic carbocycles. The topological polar surface area (TPSA) is 62.1 Å². The number of carbonyl (C=O) groups excluding carboxylic acids is 1. The number of rotatable bonds is 5. The first-order chi connectivity index (χ1) is 8.93. The summed E-state index contributed by atoms with van der Waals surface area (Å²) in [5, 5.41) is 11.9. The van der Waals surface area contributed by atoms with Crippen molar-refractivity contribution < 1.29 is 9.53 Å². The molecule has 0 fully saturated rings. The van der Waals surface area contributed by atoms with Crippen molar-refractivity contribution in [2.45, 2.75) is 26.8 Å². The third-order valence-corrected chi connectivity index (χ3v) is 3.10. The molecule has 0 radical (unpaired) electrons. The first-order valence-corrected chi connectivity index (χ1v) is 6.43. The number of halogens is 1. The smallest absolute Gasteiger partial charge is 0.258 e. The molecule has 0 saturated heterocycles. The van der Waals surface area contributed by atoms with Crippen molar-refractivity contribution in [3.05, 3.63) is 28.8 Å². The molecule has 0 saturated carbocycles. The quantitative estimate of drug-likeness (QED) is 0.902. The predicted octanol–water partition coefficient (Wildman–Crippen LogP) is 2.75. The van der Waals surface area contributed by atoms with E-state index in [1.165, 1.54) is 6.07 Å². The van der Waals surface area contributed by atoms with Gasteiger partial charge in [0.15, 0.2) is 6.61 Å². The molecule has 1 atom stereocenters. The van der Waals surface area contributed by atoms with Crippen LogP contribution in [0.1, 0.15) is 26.3 Å². The summed E-state index contributed by atoms with van der Waals surface area (Å²) in [6.45, 7) is 5.91. The van der Waals surface area contributed by atoms with Crippen LogP contribution in [0.5, 0.6) is 5.75 Å². The number of carbonyl (C=O) groups is 1. The van der Waals surface area contributed by atoms with Crippen LogP contribution in [0, 0.1) is 17.2 Å². The molecule has 1 amide bonds. The molecule has 0 aliphatic heterocycles. The number of nitrogens with one attached hydrogen (secondary N) is 1. The summed E-state index contributed by atoms with van der Waals surface area (Å²) in [4.78, 5) is 11.6. The number of hydrogen-bond acceptors (Lipinski definition) is 3. The van der Waals surface area contributed by atoms with E-state index in [1.54, 1.807) is 12.1 Å².